The molecule has 0 fully saturated rings. The summed E-state index contributed by atoms with van der Waals surface area (Å²) in [5.74, 6) is 0. The van der Waals surface area contributed by atoms with Crippen LogP contribution in [0, 0.1) is 5.13 Å². The smallest absolute Gasteiger partial charge is 0.177 e. The summed E-state index contributed by atoms with van der Waals surface area (Å²) in [6.07, 6.45) is 1.27. The fourth-order valence-electron chi connectivity index (χ4n) is 1.17. The molecule has 2 aromatic heterocycles. The molecular formula is C10H5FO2S2. The van der Waals surface area contributed by atoms with Crippen LogP contribution in [0.15, 0.2) is 18.2 Å². The molecule has 0 saturated carbocycles. The van der Waals surface area contributed by atoms with Gasteiger partial charge >= 0.3 is 0 Å². The Morgan fingerprint density at radius 3 is 2.33 bits per heavy atom. The first-order valence-electron chi connectivity index (χ1n) is 4.04. The number of rotatable bonds is 3. The minimum atomic E-state index is -0.279. The van der Waals surface area contributed by atoms with Crippen molar-refractivity contribution in [3.05, 3.63) is 33.8 Å². The number of halogens is 1. The second-order valence-electron chi connectivity index (χ2n) is 2.77. The van der Waals surface area contributed by atoms with Crippen molar-refractivity contribution in [3.63, 3.8) is 0 Å². The van der Waals surface area contributed by atoms with Crippen molar-refractivity contribution in [2.45, 2.75) is 0 Å². The summed E-state index contributed by atoms with van der Waals surface area (Å²) in [4.78, 5) is 23.1. The minimum Gasteiger partial charge on any atom is -0.298 e. The third-order valence-electron chi connectivity index (χ3n) is 1.84. The number of hydrogen-bond donors (Lipinski definition) is 0. The average molecular weight is 240 g/mol. The van der Waals surface area contributed by atoms with Crippen molar-refractivity contribution in [2.24, 2.45) is 0 Å². The summed E-state index contributed by atoms with van der Waals surface area (Å²) in [5, 5.41) is -0.279. The molecule has 0 bridgehead atoms. The number of carbonyl (C=O) groups is 2. The van der Waals surface area contributed by atoms with Crippen molar-refractivity contribution in [1.82, 2.24) is 0 Å². The molecule has 0 atom stereocenters. The van der Waals surface area contributed by atoms with Crippen molar-refractivity contribution in [1.29, 1.82) is 0 Å². The van der Waals surface area contributed by atoms with Gasteiger partial charge in [0, 0.05) is 15.3 Å². The molecule has 2 aromatic rings. The summed E-state index contributed by atoms with van der Waals surface area (Å²) in [6, 6.07) is 4.60. The van der Waals surface area contributed by atoms with E-state index >= 15 is 0 Å². The predicted molar refractivity (Wildman–Crippen MR) is 58.4 cm³/mol. The minimum absolute atomic E-state index is 0.279. The van der Waals surface area contributed by atoms with Gasteiger partial charge in [0.1, 0.15) is 0 Å². The van der Waals surface area contributed by atoms with Crippen LogP contribution in [0.25, 0.3) is 9.75 Å². The molecule has 0 radical (unpaired) electrons. The zero-order valence-corrected chi connectivity index (χ0v) is 9.03. The molecule has 2 nitrogen and oxygen atoms in total. The fraction of sp³-hybridized carbons (Fsp3) is 0. The van der Waals surface area contributed by atoms with E-state index in [0.717, 1.165) is 21.1 Å². The summed E-state index contributed by atoms with van der Waals surface area (Å²) in [7, 11) is 0. The van der Waals surface area contributed by atoms with Crippen molar-refractivity contribution >= 4 is 35.2 Å². The van der Waals surface area contributed by atoms with Gasteiger partial charge in [-0.05, 0) is 18.2 Å². The van der Waals surface area contributed by atoms with Crippen LogP contribution in [-0.2, 0) is 0 Å². The average Bonchev–Trinajstić information content (AvgIpc) is 2.82. The largest absolute Gasteiger partial charge is 0.298 e. The lowest BCUT2D eigenvalue weighted by Crippen LogP contribution is -1.79. The summed E-state index contributed by atoms with van der Waals surface area (Å²) < 4.78 is 12.8. The van der Waals surface area contributed by atoms with E-state index in [2.05, 4.69) is 0 Å². The van der Waals surface area contributed by atoms with Gasteiger partial charge in [0.2, 0.25) is 0 Å². The van der Waals surface area contributed by atoms with Crippen LogP contribution in [0.3, 0.4) is 0 Å². The topological polar surface area (TPSA) is 34.1 Å². The van der Waals surface area contributed by atoms with E-state index < -0.39 is 0 Å². The number of thiophene rings is 2. The van der Waals surface area contributed by atoms with Crippen molar-refractivity contribution < 1.29 is 14.0 Å². The van der Waals surface area contributed by atoms with Gasteiger partial charge in [-0.15, -0.1) is 22.7 Å². The maximum Gasteiger partial charge on any atom is 0.177 e. The molecule has 0 saturated heterocycles. The molecule has 0 aliphatic heterocycles. The quantitative estimate of drug-likeness (QED) is 0.772. The summed E-state index contributed by atoms with van der Waals surface area (Å²) in [6.45, 7) is 0. The lowest BCUT2D eigenvalue weighted by molar-refractivity contribution is 0.109. The van der Waals surface area contributed by atoms with Crippen LogP contribution < -0.4 is 0 Å². The van der Waals surface area contributed by atoms with Crippen LogP contribution in [0.4, 0.5) is 4.39 Å². The van der Waals surface area contributed by atoms with E-state index in [0.29, 0.717) is 23.0 Å². The lowest BCUT2D eigenvalue weighted by atomic mass is 10.2. The van der Waals surface area contributed by atoms with Crippen molar-refractivity contribution in [2.75, 3.05) is 0 Å². The first-order valence-corrected chi connectivity index (χ1v) is 5.68. The normalized spacial score (nSPS) is 10.2. The van der Waals surface area contributed by atoms with E-state index in [1.807, 2.05) is 0 Å². The van der Waals surface area contributed by atoms with E-state index in [1.54, 1.807) is 12.1 Å². The number of hydrogen-bond acceptors (Lipinski definition) is 4. The Labute approximate surface area is 93.0 Å². The molecule has 0 aromatic carbocycles. The second kappa shape index (κ2) is 4.04. The SMILES string of the molecule is O=Cc1cc(-c2ccc(F)s2)sc1C=O. The second-order valence-corrected chi connectivity index (χ2v) is 4.89. The zero-order chi connectivity index (χ0) is 10.8. The van der Waals surface area contributed by atoms with Crippen LogP contribution in [0.2, 0.25) is 0 Å². The van der Waals surface area contributed by atoms with Gasteiger partial charge in [0.05, 0.1) is 4.88 Å². The molecule has 0 aliphatic carbocycles. The molecule has 0 spiro atoms. The van der Waals surface area contributed by atoms with E-state index in [-0.39, 0.29) is 5.13 Å². The van der Waals surface area contributed by atoms with Crippen molar-refractivity contribution in [3.8, 4) is 9.75 Å². The molecule has 0 N–H and O–H groups in total. The van der Waals surface area contributed by atoms with Gasteiger partial charge in [-0.2, -0.15) is 4.39 Å². The van der Waals surface area contributed by atoms with Crippen LogP contribution in [0.5, 0.6) is 0 Å². The van der Waals surface area contributed by atoms with Gasteiger partial charge in [-0.25, -0.2) is 0 Å². The van der Waals surface area contributed by atoms with Crippen LogP contribution in [0.1, 0.15) is 20.0 Å². The Morgan fingerprint density at radius 2 is 1.87 bits per heavy atom. The third-order valence-corrected chi connectivity index (χ3v) is 3.99. The molecule has 15 heavy (non-hydrogen) atoms. The molecule has 2 heterocycles. The Hall–Kier alpha value is -1.33. The zero-order valence-electron chi connectivity index (χ0n) is 7.40. The maximum atomic E-state index is 12.8. The highest BCUT2D eigenvalue weighted by Gasteiger charge is 2.10. The highest BCUT2D eigenvalue weighted by Crippen LogP contribution is 2.34. The van der Waals surface area contributed by atoms with Gasteiger partial charge in [-0.3, -0.25) is 9.59 Å². The standard InChI is InChI=1S/C10H5FO2S2/c11-10-2-1-7(15-10)8-3-6(4-12)9(5-13)14-8/h1-5H. The molecule has 0 aliphatic rings. The summed E-state index contributed by atoms with van der Waals surface area (Å²) >= 11 is 2.19. The Kier molecular flexibility index (Phi) is 2.75. The predicted octanol–water partition coefficient (Wildman–Crippen LogP) is 3.24. The molecule has 2 rings (SSSR count). The number of carbonyl (C=O) groups excluding carboxylic acids is 2. The first kappa shape index (κ1) is 10.2. The van der Waals surface area contributed by atoms with Gasteiger partial charge < -0.3 is 0 Å². The molecule has 5 heteroatoms. The molecule has 76 valence electrons. The van der Waals surface area contributed by atoms with Gasteiger partial charge in [0.25, 0.3) is 0 Å². The van der Waals surface area contributed by atoms with E-state index in [4.69, 9.17) is 0 Å². The first-order chi connectivity index (χ1) is 7.24. The van der Waals surface area contributed by atoms with Gasteiger partial charge in [0.15, 0.2) is 17.7 Å². The molecule has 0 amide bonds. The monoisotopic (exact) mass is 240 g/mol. The Balaban J connectivity index is 2.49. The third kappa shape index (κ3) is 1.88. The summed E-state index contributed by atoms with van der Waals surface area (Å²) in [5.41, 5.74) is 0.360. The number of aldehydes is 2. The molecule has 0 unspecified atom stereocenters. The maximum absolute atomic E-state index is 12.8. The van der Waals surface area contributed by atoms with E-state index in [1.165, 1.54) is 17.4 Å². The highest BCUT2D eigenvalue weighted by molar-refractivity contribution is 7.22. The van der Waals surface area contributed by atoms with Crippen LogP contribution >= 0.6 is 22.7 Å². The Morgan fingerprint density at radius 1 is 1.07 bits per heavy atom. The lowest BCUT2D eigenvalue weighted by Gasteiger charge is -1.85. The fourth-order valence-corrected chi connectivity index (χ4v) is 2.93. The Bertz CT molecular complexity index is 488. The van der Waals surface area contributed by atoms with Gasteiger partial charge in [-0.1, -0.05) is 0 Å². The van der Waals surface area contributed by atoms with Crippen LogP contribution in [-0.4, -0.2) is 12.6 Å². The van der Waals surface area contributed by atoms with E-state index in [9.17, 15) is 14.0 Å². The highest BCUT2D eigenvalue weighted by atomic mass is 32.1. The molecular weight excluding hydrogens is 235 g/mol.